The first kappa shape index (κ1) is 13.6. The first-order chi connectivity index (χ1) is 11.2. The number of nitrogens with one attached hydrogen (secondary N) is 1. The summed E-state index contributed by atoms with van der Waals surface area (Å²) in [6.45, 7) is 0. The second-order valence-corrected chi connectivity index (χ2v) is 5.42. The Kier molecular flexibility index (Phi) is 3.15. The zero-order valence-corrected chi connectivity index (χ0v) is 12.1. The Morgan fingerprint density at radius 1 is 1.26 bits per heavy atom. The van der Waals surface area contributed by atoms with Gasteiger partial charge in [-0.15, -0.1) is 0 Å². The molecule has 1 atom stereocenters. The number of fused-ring (bicyclic) bond motifs is 1. The van der Waals surface area contributed by atoms with Crippen LogP contribution in [0.2, 0.25) is 0 Å². The van der Waals surface area contributed by atoms with Gasteiger partial charge in [-0.3, -0.25) is 14.3 Å². The van der Waals surface area contributed by atoms with Gasteiger partial charge in [-0.05, 0) is 29.8 Å². The van der Waals surface area contributed by atoms with Gasteiger partial charge < -0.3 is 5.32 Å². The van der Waals surface area contributed by atoms with Crippen LogP contribution in [0.4, 0.5) is 10.2 Å². The van der Waals surface area contributed by atoms with E-state index in [2.05, 4.69) is 15.3 Å². The molecule has 4 rings (SSSR count). The van der Waals surface area contributed by atoms with E-state index in [0.29, 0.717) is 5.82 Å². The molecule has 114 valence electrons. The molecule has 3 heterocycles. The lowest BCUT2D eigenvalue weighted by atomic mass is 9.90. The number of hydrogen-bond acceptors (Lipinski definition) is 3. The maximum Gasteiger partial charge on any atom is 0.226 e. The maximum atomic E-state index is 13.5. The number of halogens is 1. The normalized spacial score (nSPS) is 16.7. The molecular weight excluding hydrogens is 295 g/mol. The van der Waals surface area contributed by atoms with Crippen LogP contribution >= 0.6 is 0 Å². The minimum atomic E-state index is -0.318. The Hall–Kier alpha value is -3.02. The monoisotopic (exact) mass is 308 g/mol. The van der Waals surface area contributed by atoms with Crippen molar-refractivity contribution in [1.82, 2.24) is 14.5 Å². The summed E-state index contributed by atoms with van der Waals surface area (Å²) in [6.07, 6.45) is 5.28. The Bertz CT molecular complexity index is 875. The first-order valence-corrected chi connectivity index (χ1v) is 7.25. The van der Waals surface area contributed by atoms with Crippen LogP contribution in [0.3, 0.4) is 0 Å². The van der Waals surface area contributed by atoms with Gasteiger partial charge in [0.15, 0.2) is 0 Å². The van der Waals surface area contributed by atoms with Crippen LogP contribution < -0.4 is 5.32 Å². The van der Waals surface area contributed by atoms with E-state index in [0.717, 1.165) is 16.9 Å². The Balaban J connectivity index is 1.83. The molecule has 23 heavy (non-hydrogen) atoms. The summed E-state index contributed by atoms with van der Waals surface area (Å²) in [7, 11) is 0. The quantitative estimate of drug-likeness (QED) is 0.792. The number of aromatic nitrogens is 3. The zero-order valence-electron chi connectivity index (χ0n) is 12.1. The van der Waals surface area contributed by atoms with Crippen molar-refractivity contribution in [3.63, 3.8) is 0 Å². The molecule has 0 fully saturated rings. The van der Waals surface area contributed by atoms with Crippen molar-refractivity contribution in [2.75, 3.05) is 5.32 Å². The highest BCUT2D eigenvalue weighted by atomic mass is 19.1. The molecule has 1 amide bonds. The van der Waals surface area contributed by atoms with Crippen LogP contribution in [0.15, 0.2) is 55.1 Å². The van der Waals surface area contributed by atoms with E-state index >= 15 is 0 Å². The molecule has 0 saturated carbocycles. The molecule has 0 saturated heterocycles. The van der Waals surface area contributed by atoms with Gasteiger partial charge in [-0.1, -0.05) is 12.1 Å². The number of amides is 1. The molecular formula is C17H13FN4O. The van der Waals surface area contributed by atoms with Gasteiger partial charge in [-0.2, -0.15) is 0 Å². The molecule has 1 aromatic carbocycles. The number of imidazole rings is 1. The van der Waals surface area contributed by atoms with E-state index < -0.39 is 0 Å². The Labute approximate surface area is 131 Å². The lowest BCUT2D eigenvalue weighted by Crippen LogP contribution is -2.25. The van der Waals surface area contributed by atoms with Gasteiger partial charge in [0.05, 0.1) is 17.6 Å². The maximum absolute atomic E-state index is 13.5. The SMILES string of the molecule is O=C1C[C@@H](c2cccc(F)c2)c2ncn(-c3cccnc3)c2N1. The van der Waals surface area contributed by atoms with Crippen molar-refractivity contribution < 1.29 is 9.18 Å². The van der Waals surface area contributed by atoms with E-state index in [9.17, 15) is 9.18 Å². The van der Waals surface area contributed by atoms with Gasteiger partial charge in [-0.25, -0.2) is 9.37 Å². The summed E-state index contributed by atoms with van der Waals surface area (Å²) in [6, 6.07) is 10.0. The van der Waals surface area contributed by atoms with Crippen molar-refractivity contribution >= 4 is 11.7 Å². The van der Waals surface area contributed by atoms with Gasteiger partial charge in [0.25, 0.3) is 0 Å². The molecule has 5 nitrogen and oxygen atoms in total. The number of benzene rings is 1. The van der Waals surface area contributed by atoms with Crippen molar-refractivity contribution in [2.45, 2.75) is 12.3 Å². The minimum absolute atomic E-state index is 0.114. The Morgan fingerprint density at radius 3 is 2.96 bits per heavy atom. The van der Waals surface area contributed by atoms with Gasteiger partial charge in [0.1, 0.15) is 18.0 Å². The average Bonchev–Trinajstić information content (AvgIpc) is 2.98. The number of carbonyl (C=O) groups excluding carboxylic acids is 1. The number of nitrogens with zero attached hydrogens (tertiary/aromatic N) is 3. The van der Waals surface area contributed by atoms with E-state index in [1.807, 2.05) is 18.2 Å². The summed E-state index contributed by atoms with van der Waals surface area (Å²) >= 11 is 0. The van der Waals surface area contributed by atoms with Crippen LogP contribution in [0.25, 0.3) is 5.69 Å². The predicted octanol–water partition coefficient (Wildman–Crippen LogP) is 2.88. The number of rotatable bonds is 2. The highest BCUT2D eigenvalue weighted by molar-refractivity contribution is 5.94. The zero-order chi connectivity index (χ0) is 15.8. The third-order valence-electron chi connectivity index (χ3n) is 3.95. The van der Waals surface area contributed by atoms with Crippen LogP contribution in [0.5, 0.6) is 0 Å². The lowest BCUT2D eigenvalue weighted by Gasteiger charge is -2.23. The van der Waals surface area contributed by atoms with Gasteiger partial charge >= 0.3 is 0 Å². The molecule has 2 aromatic heterocycles. The topological polar surface area (TPSA) is 59.8 Å². The number of anilines is 1. The summed E-state index contributed by atoms with van der Waals surface area (Å²) in [5, 5.41) is 2.86. The van der Waals surface area contributed by atoms with Gasteiger partial charge in [0.2, 0.25) is 5.91 Å². The molecule has 0 radical (unpaired) electrons. The second-order valence-electron chi connectivity index (χ2n) is 5.42. The predicted molar refractivity (Wildman–Crippen MR) is 82.8 cm³/mol. The summed E-state index contributed by atoms with van der Waals surface area (Å²) in [4.78, 5) is 20.7. The molecule has 3 aromatic rings. The molecule has 0 spiro atoms. The van der Waals surface area contributed by atoms with Crippen LogP contribution in [0, 0.1) is 5.82 Å². The van der Waals surface area contributed by atoms with Crippen molar-refractivity contribution in [2.24, 2.45) is 0 Å². The molecule has 1 aliphatic heterocycles. The Morgan fingerprint density at radius 2 is 2.17 bits per heavy atom. The number of carbonyl (C=O) groups is 1. The van der Waals surface area contributed by atoms with Crippen LogP contribution in [-0.4, -0.2) is 20.4 Å². The first-order valence-electron chi connectivity index (χ1n) is 7.25. The molecule has 0 bridgehead atoms. The average molecular weight is 308 g/mol. The second kappa shape index (κ2) is 5.31. The fraction of sp³-hybridized carbons (Fsp3) is 0.118. The number of pyridine rings is 1. The molecule has 1 aliphatic rings. The molecule has 1 N–H and O–H groups in total. The van der Waals surface area contributed by atoms with Crippen LogP contribution in [-0.2, 0) is 4.79 Å². The van der Waals surface area contributed by atoms with Gasteiger partial charge in [0, 0.05) is 18.5 Å². The third kappa shape index (κ3) is 2.38. The fourth-order valence-electron chi connectivity index (χ4n) is 2.90. The fourth-order valence-corrected chi connectivity index (χ4v) is 2.90. The standard InChI is InChI=1S/C17H13FN4O/c18-12-4-1-3-11(7-12)14-8-15(23)21-17-16(14)20-10-22(17)13-5-2-6-19-9-13/h1-7,9-10,14H,8H2,(H,21,23)/t14-/m0/s1. The number of hydrogen-bond donors (Lipinski definition) is 1. The van der Waals surface area contributed by atoms with Crippen LogP contribution in [0.1, 0.15) is 23.6 Å². The lowest BCUT2D eigenvalue weighted by molar-refractivity contribution is -0.116. The van der Waals surface area contributed by atoms with E-state index in [1.165, 1.54) is 12.1 Å². The molecule has 0 unspecified atom stereocenters. The highest BCUT2D eigenvalue weighted by Crippen LogP contribution is 2.37. The summed E-state index contributed by atoms with van der Waals surface area (Å²) in [5.74, 6) is -0.0741. The molecule has 6 heteroatoms. The van der Waals surface area contributed by atoms with E-state index in [1.54, 1.807) is 29.4 Å². The summed E-state index contributed by atoms with van der Waals surface area (Å²) < 4.78 is 15.3. The minimum Gasteiger partial charge on any atom is -0.310 e. The third-order valence-corrected chi connectivity index (χ3v) is 3.95. The smallest absolute Gasteiger partial charge is 0.226 e. The molecule has 0 aliphatic carbocycles. The van der Waals surface area contributed by atoms with E-state index in [-0.39, 0.29) is 24.1 Å². The summed E-state index contributed by atoms with van der Waals surface area (Å²) in [5.41, 5.74) is 2.29. The van der Waals surface area contributed by atoms with Crippen molar-refractivity contribution in [3.05, 3.63) is 72.2 Å². The largest absolute Gasteiger partial charge is 0.310 e. The van der Waals surface area contributed by atoms with E-state index in [4.69, 9.17) is 0 Å². The van der Waals surface area contributed by atoms with Crippen molar-refractivity contribution in [3.8, 4) is 5.69 Å². The highest BCUT2D eigenvalue weighted by Gasteiger charge is 2.31. The van der Waals surface area contributed by atoms with Crippen molar-refractivity contribution in [1.29, 1.82) is 0 Å².